The molecule has 2 aromatic heterocycles. The molecule has 3 aromatic rings. The number of rotatable bonds is 1. The monoisotopic (exact) mass is 279 g/mol. The lowest BCUT2D eigenvalue weighted by Crippen LogP contribution is -2.13. The van der Waals surface area contributed by atoms with Gasteiger partial charge >= 0.3 is 0 Å². The van der Waals surface area contributed by atoms with Gasteiger partial charge < -0.3 is 11.1 Å². The van der Waals surface area contributed by atoms with Crippen molar-refractivity contribution in [3.63, 3.8) is 0 Å². The van der Waals surface area contributed by atoms with Gasteiger partial charge in [0.2, 0.25) is 5.78 Å². The summed E-state index contributed by atoms with van der Waals surface area (Å²) in [6, 6.07) is 5.62. The maximum absolute atomic E-state index is 11.9. The van der Waals surface area contributed by atoms with Crippen molar-refractivity contribution in [2.24, 2.45) is 0 Å². The minimum Gasteiger partial charge on any atom is -0.398 e. The molecule has 1 aliphatic rings. The van der Waals surface area contributed by atoms with Crippen LogP contribution < -0.4 is 11.1 Å². The lowest BCUT2D eigenvalue weighted by atomic mass is 9.99. The van der Waals surface area contributed by atoms with Crippen LogP contribution in [-0.4, -0.2) is 20.3 Å². The first-order valence-electron chi connectivity index (χ1n) is 6.66. The Bertz CT molecular complexity index is 896. The zero-order chi connectivity index (χ0) is 14.6. The van der Waals surface area contributed by atoms with Gasteiger partial charge in [0, 0.05) is 29.7 Å². The Balaban J connectivity index is 2.00. The third kappa shape index (κ3) is 1.62. The summed E-state index contributed by atoms with van der Waals surface area (Å²) in [5.41, 5.74) is 10.7. The second-order valence-corrected chi connectivity index (χ2v) is 5.12. The number of hydrogen-bond acceptors (Lipinski definition) is 4. The zero-order valence-corrected chi connectivity index (χ0v) is 11.4. The lowest BCUT2D eigenvalue weighted by molar-refractivity contribution is 0.0966. The Morgan fingerprint density at radius 3 is 3.05 bits per heavy atom. The first-order valence-corrected chi connectivity index (χ1v) is 6.66. The van der Waals surface area contributed by atoms with Crippen LogP contribution in [0.15, 0.2) is 30.6 Å². The molecule has 0 aliphatic carbocycles. The molecule has 6 nitrogen and oxygen atoms in total. The molecule has 0 radical (unpaired) electrons. The Hall–Kier alpha value is -2.89. The molecule has 1 aromatic carbocycles. The van der Waals surface area contributed by atoms with Crippen LogP contribution in [0.1, 0.15) is 21.6 Å². The van der Waals surface area contributed by atoms with Crippen LogP contribution in [-0.2, 0) is 6.54 Å². The zero-order valence-electron chi connectivity index (χ0n) is 11.4. The molecule has 0 bridgehead atoms. The molecule has 3 N–H and O–H groups in total. The van der Waals surface area contributed by atoms with E-state index in [1.54, 1.807) is 12.3 Å². The van der Waals surface area contributed by atoms with E-state index in [1.807, 2.05) is 29.7 Å². The number of carbonyl (C=O) groups excluding carboxylic acids is 1. The van der Waals surface area contributed by atoms with Gasteiger partial charge in [-0.2, -0.15) is 0 Å². The van der Waals surface area contributed by atoms with Crippen molar-refractivity contribution < 1.29 is 4.79 Å². The molecule has 0 spiro atoms. The van der Waals surface area contributed by atoms with E-state index < -0.39 is 0 Å². The summed E-state index contributed by atoms with van der Waals surface area (Å²) < 4.78 is 1.92. The number of amides is 1. The predicted molar refractivity (Wildman–Crippen MR) is 78.7 cm³/mol. The molecule has 0 saturated carbocycles. The molecule has 104 valence electrons. The molecule has 6 heteroatoms. The van der Waals surface area contributed by atoms with Gasteiger partial charge in [-0.1, -0.05) is 6.07 Å². The fraction of sp³-hybridized carbons (Fsp3) is 0.133. The van der Waals surface area contributed by atoms with E-state index in [1.165, 1.54) is 0 Å². The van der Waals surface area contributed by atoms with E-state index in [4.69, 9.17) is 5.73 Å². The maximum Gasteiger partial charge on any atom is 0.254 e. The number of nitrogens with two attached hydrogens (primary N) is 1. The number of aromatic nitrogens is 3. The highest BCUT2D eigenvalue weighted by molar-refractivity contribution is 6.05. The number of nitrogens with zero attached hydrogens (tertiary/aromatic N) is 3. The van der Waals surface area contributed by atoms with Crippen molar-refractivity contribution in [3.8, 4) is 11.3 Å². The van der Waals surface area contributed by atoms with Crippen molar-refractivity contribution in [1.82, 2.24) is 19.7 Å². The Morgan fingerprint density at radius 2 is 2.19 bits per heavy atom. The van der Waals surface area contributed by atoms with Gasteiger partial charge in [0.15, 0.2) is 0 Å². The quantitative estimate of drug-likeness (QED) is 0.661. The van der Waals surface area contributed by atoms with Crippen molar-refractivity contribution in [2.75, 3.05) is 5.73 Å². The smallest absolute Gasteiger partial charge is 0.254 e. The molecule has 0 unspecified atom stereocenters. The highest BCUT2D eigenvalue weighted by Gasteiger charge is 2.25. The van der Waals surface area contributed by atoms with Crippen molar-refractivity contribution >= 4 is 17.4 Å². The van der Waals surface area contributed by atoms with E-state index in [0.29, 0.717) is 23.6 Å². The number of fused-ring (bicyclic) bond motifs is 2. The average Bonchev–Trinajstić information content (AvgIpc) is 3.04. The van der Waals surface area contributed by atoms with Crippen molar-refractivity contribution in [1.29, 1.82) is 0 Å². The second kappa shape index (κ2) is 4.05. The number of hydrogen-bond donors (Lipinski definition) is 2. The maximum atomic E-state index is 11.9. The van der Waals surface area contributed by atoms with Gasteiger partial charge in [0.1, 0.15) is 0 Å². The second-order valence-electron chi connectivity index (χ2n) is 5.12. The summed E-state index contributed by atoms with van der Waals surface area (Å²) in [6.45, 7) is 2.42. The minimum atomic E-state index is -0.118. The molecular weight excluding hydrogens is 266 g/mol. The molecule has 1 amide bonds. The van der Waals surface area contributed by atoms with Crippen LogP contribution in [0.5, 0.6) is 0 Å². The predicted octanol–water partition coefficient (Wildman–Crippen LogP) is 1.53. The lowest BCUT2D eigenvalue weighted by Gasteiger charge is -2.08. The van der Waals surface area contributed by atoms with Crippen LogP contribution in [0.3, 0.4) is 0 Å². The largest absolute Gasteiger partial charge is 0.398 e. The molecule has 0 atom stereocenters. The number of nitrogens with one attached hydrogen (secondary N) is 1. The number of nitrogen functional groups attached to an aromatic ring is 1. The molecule has 1 aliphatic heterocycles. The molecule has 0 saturated heterocycles. The van der Waals surface area contributed by atoms with Gasteiger partial charge in [0.25, 0.3) is 5.91 Å². The van der Waals surface area contributed by atoms with Gasteiger partial charge in [0.05, 0.1) is 17.5 Å². The van der Waals surface area contributed by atoms with E-state index in [9.17, 15) is 4.79 Å². The number of carbonyl (C=O) groups is 1. The van der Waals surface area contributed by atoms with E-state index in [2.05, 4.69) is 15.3 Å². The third-order valence-corrected chi connectivity index (χ3v) is 3.79. The molecule has 0 fully saturated rings. The molecular formula is C15H13N5O. The van der Waals surface area contributed by atoms with Gasteiger partial charge in [-0.15, -0.1) is 0 Å². The average molecular weight is 279 g/mol. The summed E-state index contributed by atoms with van der Waals surface area (Å²) in [4.78, 5) is 20.6. The number of aryl methyl sites for hydroxylation is 1. The standard InChI is InChI=1S/C15H13N5O/c1-8-4-5-20-12(7-18-15(20)19-8)9-2-3-11(16)13-10(9)6-17-14(13)21/h2-5,7H,6,16H2,1H3,(H,17,21). The van der Waals surface area contributed by atoms with Crippen molar-refractivity contribution in [2.45, 2.75) is 13.5 Å². The summed E-state index contributed by atoms with van der Waals surface area (Å²) in [5, 5.41) is 2.82. The van der Waals surface area contributed by atoms with Gasteiger partial charge in [-0.3, -0.25) is 9.20 Å². The SMILES string of the molecule is Cc1ccn2c(-c3ccc(N)c4c3CNC4=O)cnc2n1. The third-order valence-electron chi connectivity index (χ3n) is 3.79. The van der Waals surface area contributed by atoms with Gasteiger partial charge in [-0.25, -0.2) is 9.97 Å². The Kier molecular flexibility index (Phi) is 2.29. The van der Waals surface area contributed by atoms with Crippen LogP contribution in [0.25, 0.3) is 17.0 Å². The highest BCUT2D eigenvalue weighted by atomic mass is 16.1. The minimum absolute atomic E-state index is 0.118. The summed E-state index contributed by atoms with van der Waals surface area (Å²) in [6.07, 6.45) is 3.71. The molecule has 4 rings (SSSR count). The van der Waals surface area contributed by atoms with Crippen molar-refractivity contribution in [3.05, 3.63) is 47.4 Å². The van der Waals surface area contributed by atoms with E-state index >= 15 is 0 Å². The highest BCUT2D eigenvalue weighted by Crippen LogP contribution is 2.32. The van der Waals surface area contributed by atoms with Gasteiger partial charge in [-0.05, 0) is 24.6 Å². The molecule has 21 heavy (non-hydrogen) atoms. The van der Waals surface area contributed by atoms with Crippen LogP contribution >= 0.6 is 0 Å². The summed E-state index contributed by atoms with van der Waals surface area (Å²) in [7, 11) is 0. The van der Waals surface area contributed by atoms with Crippen LogP contribution in [0.2, 0.25) is 0 Å². The molecule has 3 heterocycles. The first-order chi connectivity index (χ1) is 10.1. The van der Waals surface area contributed by atoms with E-state index in [-0.39, 0.29) is 5.91 Å². The first kappa shape index (κ1) is 11.9. The number of benzene rings is 1. The number of imidazole rings is 1. The fourth-order valence-electron chi connectivity index (χ4n) is 2.77. The summed E-state index contributed by atoms with van der Waals surface area (Å²) >= 11 is 0. The topological polar surface area (TPSA) is 85.3 Å². The fourth-order valence-corrected chi connectivity index (χ4v) is 2.77. The summed E-state index contributed by atoms with van der Waals surface area (Å²) in [5.74, 6) is 0.528. The van der Waals surface area contributed by atoms with E-state index in [0.717, 1.165) is 22.5 Å². The van der Waals surface area contributed by atoms with Crippen LogP contribution in [0.4, 0.5) is 5.69 Å². The Morgan fingerprint density at radius 1 is 1.33 bits per heavy atom. The Labute approximate surface area is 120 Å². The van der Waals surface area contributed by atoms with Crippen LogP contribution in [0, 0.1) is 6.92 Å². The normalized spacial score (nSPS) is 13.5. The number of anilines is 1.